The summed E-state index contributed by atoms with van der Waals surface area (Å²) in [6.45, 7) is 1.85. The lowest BCUT2D eigenvalue weighted by atomic mass is 9.96. The molecule has 0 saturated heterocycles. The van der Waals surface area contributed by atoms with Crippen LogP contribution in [0.25, 0.3) is 5.57 Å². The molecule has 2 rings (SSSR count). The van der Waals surface area contributed by atoms with E-state index in [0.29, 0.717) is 0 Å². The lowest BCUT2D eigenvalue weighted by Crippen LogP contribution is -2.11. The van der Waals surface area contributed by atoms with E-state index < -0.39 is 0 Å². The van der Waals surface area contributed by atoms with E-state index in [0.717, 1.165) is 16.7 Å². The first-order valence-electron chi connectivity index (χ1n) is 6.05. The van der Waals surface area contributed by atoms with Gasteiger partial charge in [-0.15, -0.1) is 0 Å². The minimum atomic E-state index is -0.289. The number of hydrogen-bond acceptors (Lipinski definition) is 1. The first kappa shape index (κ1) is 13.4. The maximum atomic E-state index is 13.0. The van der Waals surface area contributed by atoms with E-state index in [1.54, 1.807) is 24.3 Å². The predicted octanol–water partition coefficient (Wildman–Crippen LogP) is 3.74. The Balaban J connectivity index is 2.47. The Morgan fingerprint density at radius 3 is 1.58 bits per heavy atom. The summed E-state index contributed by atoms with van der Waals surface area (Å²) in [7, 11) is 0. The Kier molecular flexibility index (Phi) is 4.07. The van der Waals surface area contributed by atoms with Gasteiger partial charge in [-0.3, -0.25) is 0 Å². The third kappa shape index (κ3) is 3.48. The molecule has 1 nitrogen and oxygen atoms in total. The minimum absolute atomic E-state index is 0.148. The second-order valence-electron chi connectivity index (χ2n) is 4.45. The Bertz CT molecular complexity index is 521. The lowest BCUT2D eigenvalue weighted by molar-refractivity contribution is 0.627. The highest BCUT2D eigenvalue weighted by Gasteiger charge is 2.06. The molecule has 19 heavy (non-hydrogen) atoms. The topological polar surface area (TPSA) is 26.0 Å². The third-order valence-electron chi connectivity index (χ3n) is 2.74. The van der Waals surface area contributed by atoms with Gasteiger partial charge in [0.1, 0.15) is 11.6 Å². The molecule has 0 fully saturated rings. The summed E-state index contributed by atoms with van der Waals surface area (Å²) in [6, 6.07) is 12.2. The highest BCUT2D eigenvalue weighted by atomic mass is 19.1. The maximum Gasteiger partial charge on any atom is 0.123 e. The molecule has 0 saturated carbocycles. The van der Waals surface area contributed by atoms with E-state index in [2.05, 4.69) is 0 Å². The van der Waals surface area contributed by atoms with Gasteiger partial charge in [0.15, 0.2) is 0 Å². The molecule has 0 aromatic heterocycles. The number of rotatable bonds is 3. The minimum Gasteiger partial charge on any atom is -0.325 e. The van der Waals surface area contributed by atoms with E-state index in [-0.39, 0.29) is 17.7 Å². The Hall–Kier alpha value is -2.00. The van der Waals surface area contributed by atoms with Crippen molar-refractivity contribution in [2.24, 2.45) is 5.73 Å². The smallest absolute Gasteiger partial charge is 0.123 e. The highest BCUT2D eigenvalue weighted by Crippen LogP contribution is 2.24. The van der Waals surface area contributed by atoms with Crippen molar-refractivity contribution in [3.63, 3.8) is 0 Å². The summed E-state index contributed by atoms with van der Waals surface area (Å²) in [5, 5.41) is 0. The van der Waals surface area contributed by atoms with Crippen LogP contribution in [0.5, 0.6) is 0 Å². The Labute approximate surface area is 111 Å². The van der Waals surface area contributed by atoms with Gasteiger partial charge in [-0.1, -0.05) is 30.3 Å². The monoisotopic (exact) mass is 259 g/mol. The molecule has 1 atom stereocenters. The molecule has 2 aromatic rings. The van der Waals surface area contributed by atoms with Gasteiger partial charge < -0.3 is 5.73 Å². The average Bonchev–Trinajstić information content (AvgIpc) is 2.38. The van der Waals surface area contributed by atoms with Gasteiger partial charge in [0, 0.05) is 6.04 Å². The van der Waals surface area contributed by atoms with Crippen LogP contribution in [0.4, 0.5) is 8.78 Å². The average molecular weight is 259 g/mol. The molecule has 0 spiro atoms. The summed E-state index contributed by atoms with van der Waals surface area (Å²) in [5.74, 6) is -0.578. The zero-order valence-electron chi connectivity index (χ0n) is 10.6. The fourth-order valence-electron chi connectivity index (χ4n) is 1.88. The molecule has 0 radical (unpaired) electrons. The number of nitrogens with two attached hydrogens (primary N) is 1. The summed E-state index contributed by atoms with van der Waals surface area (Å²) in [5.41, 5.74) is 8.38. The molecular weight excluding hydrogens is 244 g/mol. The van der Waals surface area contributed by atoms with Crippen LogP contribution in [-0.2, 0) is 0 Å². The number of hydrogen-bond donors (Lipinski definition) is 1. The van der Waals surface area contributed by atoms with E-state index >= 15 is 0 Å². The van der Waals surface area contributed by atoms with Crippen molar-refractivity contribution in [3.8, 4) is 0 Å². The standard InChI is InChI=1S/C16H15F2N/c1-11(19)10-16(12-2-6-14(17)7-3-12)13-4-8-15(18)9-5-13/h2-11H,19H2,1H3. The summed E-state index contributed by atoms with van der Waals surface area (Å²) in [6.07, 6.45) is 1.88. The molecule has 3 heteroatoms. The molecule has 0 aliphatic carbocycles. The largest absolute Gasteiger partial charge is 0.325 e. The zero-order valence-corrected chi connectivity index (χ0v) is 10.6. The van der Waals surface area contributed by atoms with Crippen molar-refractivity contribution in [3.05, 3.63) is 77.4 Å². The van der Waals surface area contributed by atoms with E-state index in [1.807, 2.05) is 13.0 Å². The molecule has 2 aromatic carbocycles. The Morgan fingerprint density at radius 1 is 0.895 bits per heavy atom. The van der Waals surface area contributed by atoms with E-state index in [1.165, 1.54) is 24.3 Å². The van der Waals surface area contributed by atoms with Gasteiger partial charge in [0.2, 0.25) is 0 Å². The number of benzene rings is 2. The van der Waals surface area contributed by atoms with E-state index in [9.17, 15) is 8.78 Å². The van der Waals surface area contributed by atoms with Crippen molar-refractivity contribution >= 4 is 5.57 Å². The molecule has 98 valence electrons. The molecule has 0 bridgehead atoms. The zero-order chi connectivity index (χ0) is 13.8. The van der Waals surface area contributed by atoms with Crippen molar-refractivity contribution in [1.29, 1.82) is 0 Å². The lowest BCUT2D eigenvalue weighted by Gasteiger charge is -2.10. The fourth-order valence-corrected chi connectivity index (χ4v) is 1.88. The quantitative estimate of drug-likeness (QED) is 0.892. The van der Waals surface area contributed by atoms with Crippen LogP contribution in [0.3, 0.4) is 0 Å². The van der Waals surface area contributed by atoms with Crippen LogP contribution in [0.2, 0.25) is 0 Å². The van der Waals surface area contributed by atoms with Gasteiger partial charge in [-0.25, -0.2) is 8.78 Å². The molecule has 2 N–H and O–H groups in total. The van der Waals surface area contributed by atoms with Crippen molar-refractivity contribution in [1.82, 2.24) is 0 Å². The van der Waals surface area contributed by atoms with Crippen LogP contribution in [0, 0.1) is 11.6 Å². The second kappa shape index (κ2) is 5.76. The van der Waals surface area contributed by atoms with Crippen LogP contribution in [0.15, 0.2) is 54.6 Å². The van der Waals surface area contributed by atoms with E-state index in [4.69, 9.17) is 5.73 Å². The van der Waals surface area contributed by atoms with Gasteiger partial charge in [-0.2, -0.15) is 0 Å². The summed E-state index contributed by atoms with van der Waals surface area (Å²) in [4.78, 5) is 0. The van der Waals surface area contributed by atoms with Crippen LogP contribution >= 0.6 is 0 Å². The Morgan fingerprint density at radius 2 is 1.26 bits per heavy atom. The molecule has 1 unspecified atom stereocenters. The predicted molar refractivity (Wildman–Crippen MR) is 73.5 cm³/mol. The third-order valence-corrected chi connectivity index (χ3v) is 2.74. The summed E-state index contributed by atoms with van der Waals surface area (Å²) < 4.78 is 25.9. The molecule has 0 amide bonds. The second-order valence-corrected chi connectivity index (χ2v) is 4.45. The van der Waals surface area contributed by atoms with Crippen LogP contribution < -0.4 is 5.73 Å². The first-order chi connectivity index (χ1) is 9.06. The van der Waals surface area contributed by atoms with Crippen molar-refractivity contribution < 1.29 is 8.78 Å². The van der Waals surface area contributed by atoms with Crippen LogP contribution in [0.1, 0.15) is 18.1 Å². The first-order valence-corrected chi connectivity index (χ1v) is 6.05. The molecule has 0 aliphatic rings. The van der Waals surface area contributed by atoms with Crippen molar-refractivity contribution in [2.45, 2.75) is 13.0 Å². The molecular formula is C16H15F2N. The van der Waals surface area contributed by atoms with Gasteiger partial charge in [-0.05, 0) is 47.9 Å². The summed E-state index contributed by atoms with van der Waals surface area (Å²) >= 11 is 0. The van der Waals surface area contributed by atoms with Gasteiger partial charge >= 0.3 is 0 Å². The highest BCUT2D eigenvalue weighted by molar-refractivity contribution is 5.80. The number of halogens is 2. The van der Waals surface area contributed by atoms with Gasteiger partial charge in [0.25, 0.3) is 0 Å². The normalized spacial score (nSPS) is 12.0. The molecule has 0 aliphatic heterocycles. The van der Waals surface area contributed by atoms with Crippen LogP contribution in [-0.4, -0.2) is 6.04 Å². The maximum absolute atomic E-state index is 13.0. The van der Waals surface area contributed by atoms with Gasteiger partial charge in [0.05, 0.1) is 0 Å². The van der Waals surface area contributed by atoms with Crippen molar-refractivity contribution in [2.75, 3.05) is 0 Å². The molecule has 0 heterocycles. The fraction of sp³-hybridized carbons (Fsp3) is 0.125. The SMILES string of the molecule is CC(N)C=C(c1ccc(F)cc1)c1ccc(F)cc1.